The molecular weight excluding hydrogens is 189 g/mol. The summed E-state index contributed by atoms with van der Waals surface area (Å²) in [6.07, 6.45) is 5.18. The predicted molar refractivity (Wildman–Crippen MR) is 61.0 cm³/mol. The van der Waals surface area contributed by atoms with Crippen molar-refractivity contribution in [2.24, 2.45) is 0 Å². The molecule has 3 nitrogen and oxygen atoms in total. The van der Waals surface area contributed by atoms with Crippen LogP contribution in [0.1, 0.15) is 5.56 Å². The number of nitrogens with zero attached hydrogens (tertiary/aromatic N) is 1. The first kappa shape index (κ1) is 9.89. The van der Waals surface area contributed by atoms with Crippen LogP contribution in [0.15, 0.2) is 42.6 Å². The van der Waals surface area contributed by atoms with Gasteiger partial charge in [-0.25, -0.2) is 0 Å². The molecule has 0 radical (unpaired) electrons. The maximum atomic E-state index is 8.74. The van der Waals surface area contributed by atoms with E-state index in [1.165, 1.54) is 5.98 Å². The van der Waals surface area contributed by atoms with Gasteiger partial charge in [-0.05, 0) is 17.0 Å². The molecule has 1 aromatic heterocycles. The van der Waals surface area contributed by atoms with E-state index in [2.05, 4.69) is 4.98 Å². The average Bonchev–Trinajstić information content (AvgIpc) is 2.26. The highest BCUT2D eigenvalue weighted by Gasteiger charge is 2.00. The number of hydrogen-bond donors (Lipinski definition) is 2. The average molecular weight is 199 g/mol. The number of benzene rings is 1. The Morgan fingerprint density at radius 1 is 1.20 bits per heavy atom. The van der Waals surface area contributed by atoms with Crippen molar-refractivity contribution in [3.8, 4) is 0 Å². The molecule has 0 fully saturated rings. The lowest BCUT2D eigenvalue weighted by molar-refractivity contribution is 0.424. The Kier molecular flexibility index (Phi) is 2.80. The minimum Gasteiger partial charge on any atom is -0.424 e. The third-order valence-electron chi connectivity index (χ3n) is 2.16. The Balaban J connectivity index is 2.51. The lowest BCUT2D eigenvalue weighted by Crippen LogP contribution is -2.05. The molecule has 74 valence electrons. The van der Waals surface area contributed by atoms with Crippen LogP contribution in [0.5, 0.6) is 0 Å². The van der Waals surface area contributed by atoms with Crippen molar-refractivity contribution in [2.45, 2.75) is 0 Å². The van der Waals surface area contributed by atoms with Crippen LogP contribution in [0.4, 0.5) is 0 Å². The maximum absolute atomic E-state index is 8.74. The van der Waals surface area contributed by atoms with Gasteiger partial charge in [0.05, 0.1) is 0 Å². The second-order valence-corrected chi connectivity index (χ2v) is 3.22. The summed E-state index contributed by atoms with van der Waals surface area (Å²) in [4.78, 5) is 4.03. The second kappa shape index (κ2) is 4.25. The first-order valence-corrected chi connectivity index (χ1v) is 4.64. The van der Waals surface area contributed by atoms with Crippen molar-refractivity contribution in [1.82, 2.24) is 4.98 Å². The zero-order chi connectivity index (χ0) is 10.7. The highest BCUT2D eigenvalue weighted by molar-refractivity contribution is 6.48. The van der Waals surface area contributed by atoms with Crippen LogP contribution >= 0.6 is 0 Å². The number of pyridine rings is 1. The lowest BCUT2D eigenvalue weighted by atomic mass is 9.90. The summed E-state index contributed by atoms with van der Waals surface area (Å²) < 4.78 is 0. The van der Waals surface area contributed by atoms with Crippen molar-refractivity contribution in [2.75, 3.05) is 0 Å². The molecule has 2 rings (SSSR count). The van der Waals surface area contributed by atoms with Gasteiger partial charge in [-0.2, -0.15) is 0 Å². The summed E-state index contributed by atoms with van der Waals surface area (Å²) in [5.41, 5.74) is 0.947. The fraction of sp³-hybridized carbons (Fsp3) is 0. The van der Waals surface area contributed by atoms with Crippen LogP contribution in [-0.2, 0) is 0 Å². The summed E-state index contributed by atoms with van der Waals surface area (Å²) in [6, 6.07) is 7.70. The molecule has 0 amide bonds. The number of rotatable bonds is 2. The fourth-order valence-corrected chi connectivity index (χ4v) is 1.48. The fourth-order valence-electron chi connectivity index (χ4n) is 1.48. The quantitative estimate of drug-likeness (QED) is 0.715. The molecule has 1 heterocycles. The third kappa shape index (κ3) is 2.23. The van der Waals surface area contributed by atoms with Crippen LogP contribution in [0, 0.1) is 0 Å². The molecule has 0 saturated heterocycles. The zero-order valence-electron chi connectivity index (χ0n) is 8.04. The van der Waals surface area contributed by atoms with Gasteiger partial charge < -0.3 is 10.0 Å². The number of hydrogen-bond acceptors (Lipinski definition) is 3. The Morgan fingerprint density at radius 3 is 2.87 bits per heavy atom. The molecule has 0 saturated carbocycles. The predicted octanol–water partition coefficient (Wildman–Crippen LogP) is 1.26. The molecule has 0 unspecified atom stereocenters. The van der Waals surface area contributed by atoms with E-state index in [-0.39, 0.29) is 0 Å². The molecule has 1 aromatic carbocycles. The van der Waals surface area contributed by atoms with Crippen molar-refractivity contribution in [3.63, 3.8) is 0 Å². The van der Waals surface area contributed by atoms with E-state index < -0.39 is 7.12 Å². The molecule has 2 N–H and O–H groups in total. The molecule has 0 aliphatic heterocycles. The third-order valence-corrected chi connectivity index (χ3v) is 2.16. The minimum absolute atomic E-state index is 0.947. The minimum atomic E-state index is -1.41. The lowest BCUT2D eigenvalue weighted by Gasteiger charge is -2.00. The Hall–Kier alpha value is -1.65. The molecule has 0 aliphatic rings. The van der Waals surface area contributed by atoms with Crippen molar-refractivity contribution >= 4 is 24.0 Å². The van der Waals surface area contributed by atoms with Gasteiger partial charge >= 0.3 is 7.12 Å². The van der Waals surface area contributed by atoms with E-state index in [0.29, 0.717) is 0 Å². The SMILES string of the molecule is OB(O)/C=C/c1cccc2cnccc12. The van der Waals surface area contributed by atoms with Crippen molar-refractivity contribution in [1.29, 1.82) is 0 Å². The molecule has 0 aliphatic carbocycles. The van der Waals surface area contributed by atoms with Crippen LogP contribution in [0.25, 0.3) is 16.8 Å². The molecular formula is C11H10BNO2. The van der Waals surface area contributed by atoms with E-state index in [0.717, 1.165) is 16.3 Å². The molecule has 0 atom stereocenters. The molecule has 2 aromatic rings. The summed E-state index contributed by atoms with van der Waals surface area (Å²) in [5, 5.41) is 19.6. The van der Waals surface area contributed by atoms with E-state index >= 15 is 0 Å². The van der Waals surface area contributed by atoms with Gasteiger partial charge in [-0.1, -0.05) is 30.3 Å². The Labute approximate surface area is 87.9 Å². The molecule has 0 spiro atoms. The van der Waals surface area contributed by atoms with Crippen LogP contribution in [-0.4, -0.2) is 22.2 Å². The number of aromatic nitrogens is 1. The van der Waals surface area contributed by atoms with Gasteiger partial charge in [0, 0.05) is 17.8 Å². The molecule has 4 heteroatoms. The first-order chi connectivity index (χ1) is 7.27. The van der Waals surface area contributed by atoms with Crippen LogP contribution in [0.2, 0.25) is 0 Å². The summed E-state index contributed by atoms with van der Waals surface area (Å²) in [6.45, 7) is 0. The summed E-state index contributed by atoms with van der Waals surface area (Å²) >= 11 is 0. The Bertz CT molecular complexity index is 491. The molecule has 15 heavy (non-hydrogen) atoms. The summed E-state index contributed by atoms with van der Waals surface area (Å²) in [7, 11) is -1.41. The van der Waals surface area contributed by atoms with Crippen molar-refractivity contribution < 1.29 is 10.0 Å². The van der Waals surface area contributed by atoms with Crippen molar-refractivity contribution in [3.05, 3.63) is 48.2 Å². The van der Waals surface area contributed by atoms with Gasteiger partial charge in [0.1, 0.15) is 0 Å². The normalized spacial score (nSPS) is 11.1. The van der Waals surface area contributed by atoms with Gasteiger partial charge in [0.2, 0.25) is 0 Å². The van der Waals surface area contributed by atoms with Gasteiger partial charge in [0.25, 0.3) is 0 Å². The second-order valence-electron chi connectivity index (χ2n) is 3.22. The van der Waals surface area contributed by atoms with Crippen LogP contribution < -0.4 is 0 Å². The van der Waals surface area contributed by atoms with E-state index in [4.69, 9.17) is 10.0 Å². The largest absolute Gasteiger partial charge is 0.480 e. The summed E-state index contributed by atoms with van der Waals surface area (Å²) in [5.74, 6) is 1.33. The molecule has 0 bridgehead atoms. The highest BCUT2D eigenvalue weighted by Crippen LogP contribution is 2.18. The smallest absolute Gasteiger partial charge is 0.424 e. The monoisotopic (exact) mass is 199 g/mol. The standard InChI is InChI=1S/C11H10BNO2/c14-12(15)6-4-9-2-1-3-10-8-13-7-5-11(9)10/h1-8,14-15H/b6-4+. The van der Waals surface area contributed by atoms with Crippen LogP contribution in [0.3, 0.4) is 0 Å². The Morgan fingerprint density at radius 2 is 2.07 bits per heavy atom. The first-order valence-electron chi connectivity index (χ1n) is 4.64. The van der Waals surface area contributed by atoms with Gasteiger partial charge in [-0.15, -0.1) is 0 Å². The van der Waals surface area contributed by atoms with Gasteiger partial charge in [0.15, 0.2) is 0 Å². The number of fused-ring (bicyclic) bond motifs is 1. The van der Waals surface area contributed by atoms with E-state index in [9.17, 15) is 0 Å². The topological polar surface area (TPSA) is 53.4 Å². The van der Waals surface area contributed by atoms with E-state index in [1.54, 1.807) is 18.5 Å². The zero-order valence-corrected chi connectivity index (χ0v) is 8.04. The highest BCUT2D eigenvalue weighted by atomic mass is 16.4. The maximum Gasteiger partial charge on any atom is 0.480 e. The van der Waals surface area contributed by atoms with Gasteiger partial charge in [-0.3, -0.25) is 4.98 Å². The van der Waals surface area contributed by atoms with E-state index in [1.807, 2.05) is 24.3 Å².